The van der Waals surface area contributed by atoms with Gasteiger partial charge in [-0.15, -0.1) is 0 Å². The highest BCUT2D eigenvalue weighted by atomic mass is 32.2. The Morgan fingerprint density at radius 3 is 2.39 bits per heavy atom. The van der Waals surface area contributed by atoms with Crippen LogP contribution in [0.1, 0.15) is 19.3 Å². The number of rotatable bonds is 4. The predicted octanol–water partition coefficient (Wildman–Crippen LogP) is 4.02. The van der Waals surface area contributed by atoms with Gasteiger partial charge >= 0.3 is 0 Å². The lowest BCUT2D eigenvalue weighted by Gasteiger charge is -2.33. The van der Waals surface area contributed by atoms with E-state index < -0.39 is 16.1 Å². The van der Waals surface area contributed by atoms with Gasteiger partial charge in [-0.1, -0.05) is 55.0 Å². The Balaban J connectivity index is 1.59. The summed E-state index contributed by atoms with van der Waals surface area (Å²) >= 11 is 0. The number of nitrogens with zero attached hydrogens (tertiary/aromatic N) is 1. The molecule has 1 amide bonds. The van der Waals surface area contributed by atoms with Crippen molar-refractivity contribution < 1.29 is 13.2 Å². The minimum Gasteiger partial charge on any atom is -0.325 e. The van der Waals surface area contributed by atoms with Gasteiger partial charge in [0, 0.05) is 12.2 Å². The van der Waals surface area contributed by atoms with Gasteiger partial charge in [-0.25, -0.2) is 8.42 Å². The molecular formula is C22H22N2O3S. The van der Waals surface area contributed by atoms with Crippen LogP contribution in [0.4, 0.5) is 5.69 Å². The Kier molecular flexibility index (Phi) is 5.15. The maximum atomic E-state index is 13.1. The van der Waals surface area contributed by atoms with E-state index in [0.717, 1.165) is 23.6 Å². The number of piperidine rings is 1. The molecule has 0 bridgehead atoms. The molecule has 5 nitrogen and oxygen atoms in total. The van der Waals surface area contributed by atoms with Crippen LogP contribution in [0, 0.1) is 0 Å². The third-order valence-electron chi connectivity index (χ3n) is 5.12. The van der Waals surface area contributed by atoms with E-state index in [0.29, 0.717) is 18.7 Å². The molecule has 0 radical (unpaired) electrons. The average molecular weight is 394 g/mol. The van der Waals surface area contributed by atoms with Crippen molar-refractivity contribution in [3.05, 3.63) is 72.8 Å². The second kappa shape index (κ2) is 7.73. The number of carbonyl (C=O) groups is 1. The summed E-state index contributed by atoms with van der Waals surface area (Å²) in [5, 5.41) is 5.03. The molecule has 0 unspecified atom stereocenters. The molecule has 1 N–H and O–H groups in total. The minimum absolute atomic E-state index is 0.223. The van der Waals surface area contributed by atoms with Crippen LogP contribution in [0.3, 0.4) is 0 Å². The molecule has 3 aromatic rings. The van der Waals surface area contributed by atoms with E-state index >= 15 is 0 Å². The van der Waals surface area contributed by atoms with E-state index in [2.05, 4.69) is 5.32 Å². The topological polar surface area (TPSA) is 66.5 Å². The van der Waals surface area contributed by atoms with Crippen molar-refractivity contribution in [2.45, 2.75) is 30.2 Å². The van der Waals surface area contributed by atoms with Crippen molar-refractivity contribution in [3.63, 3.8) is 0 Å². The standard InChI is InChI=1S/C22H22N2O3S/c25-22(23-19-14-13-17-8-4-5-9-18(17)16-19)21-12-6-7-15-24(21)28(26,27)20-10-2-1-3-11-20/h1-5,8-11,13-14,16,21H,6-7,12,15H2,(H,23,25)/t21-/m0/s1. The Bertz CT molecular complexity index is 1100. The number of nitrogens with one attached hydrogen (secondary N) is 1. The third-order valence-corrected chi connectivity index (χ3v) is 7.05. The summed E-state index contributed by atoms with van der Waals surface area (Å²) < 4.78 is 27.5. The minimum atomic E-state index is -3.71. The molecule has 28 heavy (non-hydrogen) atoms. The SMILES string of the molecule is O=C(Nc1ccc2ccccc2c1)[C@@H]1CCCCN1S(=O)(=O)c1ccccc1. The lowest BCUT2D eigenvalue weighted by Crippen LogP contribution is -2.49. The van der Waals surface area contributed by atoms with Crippen molar-refractivity contribution in [2.75, 3.05) is 11.9 Å². The van der Waals surface area contributed by atoms with Crippen LogP contribution in [0.25, 0.3) is 10.8 Å². The summed E-state index contributed by atoms with van der Waals surface area (Å²) in [5.74, 6) is -0.283. The summed E-state index contributed by atoms with van der Waals surface area (Å²) in [7, 11) is -3.71. The molecule has 0 saturated carbocycles. The molecule has 1 aliphatic rings. The first kappa shape index (κ1) is 18.7. The molecule has 6 heteroatoms. The van der Waals surface area contributed by atoms with E-state index in [1.165, 1.54) is 4.31 Å². The quantitative estimate of drug-likeness (QED) is 0.727. The number of carbonyl (C=O) groups excluding carboxylic acids is 1. The zero-order valence-electron chi connectivity index (χ0n) is 15.4. The number of sulfonamides is 1. The highest BCUT2D eigenvalue weighted by Gasteiger charge is 2.37. The molecule has 3 aromatic carbocycles. The molecule has 1 saturated heterocycles. The van der Waals surface area contributed by atoms with Gasteiger partial charge in [-0.05, 0) is 47.9 Å². The van der Waals surface area contributed by atoms with Crippen molar-refractivity contribution in [3.8, 4) is 0 Å². The second-order valence-electron chi connectivity index (χ2n) is 6.99. The third kappa shape index (κ3) is 3.66. The Morgan fingerprint density at radius 1 is 0.893 bits per heavy atom. The van der Waals surface area contributed by atoms with Crippen molar-refractivity contribution >= 4 is 32.4 Å². The van der Waals surface area contributed by atoms with Gasteiger partial charge in [0.1, 0.15) is 6.04 Å². The first-order valence-electron chi connectivity index (χ1n) is 9.42. The Hall–Kier alpha value is -2.70. The first-order valence-corrected chi connectivity index (χ1v) is 10.9. The molecule has 1 heterocycles. The average Bonchev–Trinajstić information content (AvgIpc) is 2.74. The molecular weight excluding hydrogens is 372 g/mol. The van der Waals surface area contributed by atoms with Crippen LogP contribution < -0.4 is 5.32 Å². The van der Waals surface area contributed by atoms with Crippen LogP contribution >= 0.6 is 0 Å². The molecule has 144 valence electrons. The number of hydrogen-bond acceptors (Lipinski definition) is 3. The highest BCUT2D eigenvalue weighted by Crippen LogP contribution is 2.27. The van der Waals surface area contributed by atoms with Crippen LogP contribution in [0.2, 0.25) is 0 Å². The largest absolute Gasteiger partial charge is 0.325 e. The number of hydrogen-bond donors (Lipinski definition) is 1. The van der Waals surface area contributed by atoms with Gasteiger partial charge in [-0.3, -0.25) is 4.79 Å². The lowest BCUT2D eigenvalue weighted by molar-refractivity contribution is -0.120. The van der Waals surface area contributed by atoms with E-state index in [1.807, 2.05) is 42.5 Å². The molecule has 1 aliphatic heterocycles. The maximum Gasteiger partial charge on any atom is 0.243 e. The smallest absolute Gasteiger partial charge is 0.243 e. The van der Waals surface area contributed by atoms with E-state index in [9.17, 15) is 13.2 Å². The fourth-order valence-corrected chi connectivity index (χ4v) is 5.35. The molecule has 0 aliphatic carbocycles. The second-order valence-corrected chi connectivity index (χ2v) is 8.88. The molecule has 1 fully saturated rings. The molecule has 0 aromatic heterocycles. The Morgan fingerprint density at radius 2 is 1.61 bits per heavy atom. The first-order chi connectivity index (χ1) is 13.6. The summed E-state index contributed by atoms with van der Waals surface area (Å²) in [6.07, 6.45) is 2.11. The van der Waals surface area contributed by atoms with Crippen LogP contribution in [0.5, 0.6) is 0 Å². The summed E-state index contributed by atoms with van der Waals surface area (Å²) in [6, 6.07) is 21.2. The normalized spacial score (nSPS) is 18.1. The number of benzene rings is 3. The zero-order chi connectivity index (χ0) is 19.6. The Labute approximate surface area is 165 Å². The lowest BCUT2D eigenvalue weighted by atomic mass is 10.0. The van der Waals surface area contributed by atoms with Crippen molar-refractivity contribution in [1.29, 1.82) is 0 Å². The fraction of sp³-hybridized carbons (Fsp3) is 0.227. The fourth-order valence-electron chi connectivity index (χ4n) is 3.68. The number of fused-ring (bicyclic) bond motifs is 1. The van der Waals surface area contributed by atoms with Gasteiger partial charge in [0.05, 0.1) is 4.90 Å². The van der Waals surface area contributed by atoms with E-state index in [4.69, 9.17) is 0 Å². The van der Waals surface area contributed by atoms with Gasteiger partial charge in [0.15, 0.2) is 0 Å². The molecule has 0 spiro atoms. The number of amides is 1. The highest BCUT2D eigenvalue weighted by molar-refractivity contribution is 7.89. The van der Waals surface area contributed by atoms with E-state index in [1.54, 1.807) is 30.3 Å². The number of anilines is 1. The maximum absolute atomic E-state index is 13.1. The van der Waals surface area contributed by atoms with Crippen LogP contribution in [-0.2, 0) is 14.8 Å². The van der Waals surface area contributed by atoms with E-state index in [-0.39, 0.29) is 10.8 Å². The van der Waals surface area contributed by atoms with Gasteiger partial charge in [-0.2, -0.15) is 4.31 Å². The van der Waals surface area contributed by atoms with Crippen LogP contribution in [-0.4, -0.2) is 31.2 Å². The van der Waals surface area contributed by atoms with Crippen molar-refractivity contribution in [2.24, 2.45) is 0 Å². The van der Waals surface area contributed by atoms with Crippen molar-refractivity contribution in [1.82, 2.24) is 4.31 Å². The molecule has 1 atom stereocenters. The summed E-state index contributed by atoms with van der Waals surface area (Å²) in [5.41, 5.74) is 0.673. The molecule has 4 rings (SSSR count). The summed E-state index contributed by atoms with van der Waals surface area (Å²) in [6.45, 7) is 0.354. The van der Waals surface area contributed by atoms with Crippen LogP contribution in [0.15, 0.2) is 77.7 Å². The van der Waals surface area contributed by atoms with Gasteiger partial charge in [0.25, 0.3) is 0 Å². The van der Waals surface area contributed by atoms with Gasteiger partial charge in [0.2, 0.25) is 15.9 Å². The monoisotopic (exact) mass is 394 g/mol. The summed E-state index contributed by atoms with van der Waals surface area (Å²) in [4.78, 5) is 13.2. The predicted molar refractivity (Wildman–Crippen MR) is 111 cm³/mol. The zero-order valence-corrected chi connectivity index (χ0v) is 16.2. The van der Waals surface area contributed by atoms with Gasteiger partial charge < -0.3 is 5.32 Å².